The minimum atomic E-state index is -4.82. The van der Waals surface area contributed by atoms with Crippen LogP contribution in [0.5, 0.6) is 11.5 Å². The normalized spacial score (nSPS) is 9.13. The summed E-state index contributed by atoms with van der Waals surface area (Å²) in [7, 11) is -4.82. The first kappa shape index (κ1) is 23.7. The van der Waals surface area contributed by atoms with Gasteiger partial charge in [-0.25, -0.2) is 8.42 Å². The first-order chi connectivity index (χ1) is 5.41. The molecule has 0 radical (unpaired) electrons. The van der Waals surface area contributed by atoms with Crippen LogP contribution < -0.4 is 164 Å². The van der Waals surface area contributed by atoms with Gasteiger partial charge in [0.25, 0.3) is 0 Å². The summed E-state index contributed by atoms with van der Waals surface area (Å²) in [6, 6.07) is 2.18. The zero-order chi connectivity index (χ0) is 9.35. The second-order valence-electron chi connectivity index (χ2n) is 2.06. The fourth-order valence-corrected chi connectivity index (χ4v) is 1.26. The minimum absolute atomic E-state index is 0. The minimum Gasteiger partial charge on any atom is -0.872 e. The SMILES string of the molecule is O=S(=O)([O-])c1cc([O-])ccc1[O-].[K+].[K+].[K+]. The molecule has 0 saturated carbocycles. The first-order valence-electron chi connectivity index (χ1n) is 2.85. The van der Waals surface area contributed by atoms with Crippen molar-refractivity contribution in [2.24, 2.45) is 0 Å². The van der Waals surface area contributed by atoms with E-state index in [9.17, 15) is 23.2 Å². The van der Waals surface area contributed by atoms with Crippen LogP contribution in [0.4, 0.5) is 0 Å². The van der Waals surface area contributed by atoms with Crippen LogP contribution in [0.2, 0.25) is 0 Å². The zero-order valence-corrected chi connectivity index (χ0v) is 18.9. The number of hydrogen-bond acceptors (Lipinski definition) is 5. The average Bonchev–Trinajstić information content (AvgIpc) is 1.92. The summed E-state index contributed by atoms with van der Waals surface area (Å²) >= 11 is 0. The maximum absolute atomic E-state index is 10.7. The molecule has 0 fully saturated rings. The molecule has 15 heavy (non-hydrogen) atoms. The van der Waals surface area contributed by atoms with Crippen molar-refractivity contribution in [3.05, 3.63) is 18.2 Å². The fraction of sp³-hybridized carbons (Fsp3) is 0. The Morgan fingerprint density at radius 3 is 1.80 bits per heavy atom. The van der Waals surface area contributed by atoms with Crippen LogP contribution in [-0.2, 0) is 10.1 Å². The van der Waals surface area contributed by atoms with Gasteiger partial charge >= 0.3 is 154 Å². The molecule has 0 aliphatic heterocycles. The van der Waals surface area contributed by atoms with E-state index >= 15 is 0 Å². The van der Waals surface area contributed by atoms with Crippen LogP contribution in [-0.4, -0.2) is 13.0 Å². The molecule has 1 aromatic rings. The van der Waals surface area contributed by atoms with E-state index in [1.807, 2.05) is 0 Å². The van der Waals surface area contributed by atoms with E-state index in [-0.39, 0.29) is 154 Å². The molecule has 0 aliphatic carbocycles. The van der Waals surface area contributed by atoms with Crippen LogP contribution in [0, 0.1) is 0 Å². The Bertz CT molecular complexity index is 405. The summed E-state index contributed by atoms with van der Waals surface area (Å²) in [5.41, 5.74) is 0. The van der Waals surface area contributed by atoms with Crippen molar-refractivity contribution in [3.63, 3.8) is 0 Å². The van der Waals surface area contributed by atoms with E-state index in [1.165, 1.54) is 0 Å². The number of rotatable bonds is 1. The van der Waals surface area contributed by atoms with Crippen molar-refractivity contribution in [2.45, 2.75) is 4.90 Å². The van der Waals surface area contributed by atoms with Gasteiger partial charge in [-0.05, 0) is 0 Å². The summed E-state index contributed by atoms with van der Waals surface area (Å²) in [5.74, 6) is -1.63. The van der Waals surface area contributed by atoms with E-state index in [0.29, 0.717) is 6.07 Å². The number of hydrogen-bond donors (Lipinski definition) is 0. The maximum Gasteiger partial charge on any atom is 1.00 e. The topological polar surface area (TPSA) is 103 Å². The second kappa shape index (κ2) is 10.4. The molecule has 0 atom stereocenters. The molecule has 0 aromatic heterocycles. The quantitative estimate of drug-likeness (QED) is 0.378. The molecule has 1 rings (SSSR count). The summed E-state index contributed by atoms with van der Waals surface area (Å²) in [6.45, 7) is 0. The molecule has 0 bridgehead atoms. The Morgan fingerprint density at radius 2 is 1.47 bits per heavy atom. The zero-order valence-electron chi connectivity index (χ0n) is 8.68. The molecule has 0 amide bonds. The molecule has 0 spiro atoms. The predicted molar refractivity (Wildman–Crippen MR) is 33.3 cm³/mol. The van der Waals surface area contributed by atoms with Gasteiger partial charge in [0.15, 0.2) is 0 Å². The van der Waals surface area contributed by atoms with E-state index in [2.05, 4.69) is 0 Å². The summed E-state index contributed by atoms with van der Waals surface area (Å²) in [6.07, 6.45) is 0. The Hall–Kier alpha value is 3.64. The predicted octanol–water partition coefficient (Wildman–Crippen LogP) is -10.3. The van der Waals surface area contributed by atoms with Gasteiger partial charge in [0.1, 0.15) is 10.1 Å². The molecule has 0 unspecified atom stereocenters. The molecular formula is C6H3K3O5S. The molecule has 0 aliphatic rings. The Morgan fingerprint density at radius 1 is 1.00 bits per heavy atom. The van der Waals surface area contributed by atoms with Gasteiger partial charge in [0.2, 0.25) is 0 Å². The van der Waals surface area contributed by atoms with Gasteiger partial charge in [0.05, 0.1) is 0 Å². The smallest absolute Gasteiger partial charge is 0.872 e. The van der Waals surface area contributed by atoms with Crippen molar-refractivity contribution in [2.75, 3.05) is 0 Å². The van der Waals surface area contributed by atoms with Gasteiger partial charge in [-0.1, -0.05) is 23.9 Å². The third kappa shape index (κ3) is 8.42. The van der Waals surface area contributed by atoms with Crippen LogP contribution >= 0.6 is 0 Å². The molecule has 5 nitrogen and oxygen atoms in total. The van der Waals surface area contributed by atoms with Crippen LogP contribution in [0.25, 0.3) is 0 Å². The van der Waals surface area contributed by atoms with Gasteiger partial charge in [-0.15, -0.1) is 5.75 Å². The molecule has 66 valence electrons. The molecule has 9 heteroatoms. The summed E-state index contributed by atoms with van der Waals surface area (Å²) in [5, 5.41) is 21.2. The Labute approximate surface area is 215 Å². The van der Waals surface area contributed by atoms with Crippen LogP contribution in [0.1, 0.15) is 0 Å². The van der Waals surface area contributed by atoms with Crippen molar-refractivity contribution in [3.8, 4) is 11.5 Å². The average molecular weight is 304 g/mol. The number of benzene rings is 1. The molecular weight excluding hydrogens is 301 g/mol. The Balaban J connectivity index is -0.000000480. The maximum atomic E-state index is 10.7. The van der Waals surface area contributed by atoms with Crippen molar-refractivity contribution >= 4 is 10.1 Å². The molecule has 0 heterocycles. The standard InChI is InChI=1S/C6H6O5S.3K/c7-4-1-2-5(8)6(3-4)12(9,10)11;;;/h1-3,7-8H,(H,9,10,11);;;/q;3*+1/p-3. The Kier molecular flexibility index (Phi) is 16.5. The molecule has 0 saturated heterocycles. The van der Waals surface area contributed by atoms with E-state index in [0.717, 1.165) is 12.1 Å². The third-order valence-electron chi connectivity index (χ3n) is 1.18. The second-order valence-corrected chi connectivity index (χ2v) is 3.41. The first-order valence-corrected chi connectivity index (χ1v) is 4.26. The van der Waals surface area contributed by atoms with Crippen molar-refractivity contribution in [1.29, 1.82) is 0 Å². The van der Waals surface area contributed by atoms with E-state index < -0.39 is 26.5 Å². The molecule has 1 aromatic carbocycles. The van der Waals surface area contributed by atoms with E-state index in [1.54, 1.807) is 0 Å². The molecule has 0 N–H and O–H groups in total. The monoisotopic (exact) mass is 304 g/mol. The summed E-state index contributed by atoms with van der Waals surface area (Å²) in [4.78, 5) is -0.991. The summed E-state index contributed by atoms with van der Waals surface area (Å²) < 4.78 is 30.9. The van der Waals surface area contributed by atoms with E-state index in [4.69, 9.17) is 0 Å². The van der Waals surface area contributed by atoms with Crippen molar-refractivity contribution in [1.82, 2.24) is 0 Å². The van der Waals surface area contributed by atoms with Crippen molar-refractivity contribution < 1.29 is 177 Å². The van der Waals surface area contributed by atoms with Crippen LogP contribution in [0.15, 0.2) is 23.1 Å². The van der Waals surface area contributed by atoms with Gasteiger partial charge in [-0.3, -0.25) is 0 Å². The third-order valence-corrected chi connectivity index (χ3v) is 2.04. The largest absolute Gasteiger partial charge is 1.00 e. The van der Waals surface area contributed by atoms with Gasteiger partial charge in [0, 0.05) is 4.90 Å². The van der Waals surface area contributed by atoms with Crippen LogP contribution in [0.3, 0.4) is 0 Å². The fourth-order valence-electron chi connectivity index (χ4n) is 0.684. The van der Waals surface area contributed by atoms with Gasteiger partial charge < -0.3 is 14.8 Å². The van der Waals surface area contributed by atoms with Gasteiger partial charge in [-0.2, -0.15) is 0 Å².